The number of anilines is 1. The number of aryl methyl sites for hydroxylation is 1. The highest BCUT2D eigenvalue weighted by Gasteiger charge is 2.28. The molecule has 1 saturated heterocycles. The fourth-order valence-corrected chi connectivity index (χ4v) is 5.74. The first-order valence-corrected chi connectivity index (χ1v) is 12.3. The van der Waals surface area contributed by atoms with Crippen molar-refractivity contribution < 1.29 is 13.2 Å². The lowest BCUT2D eigenvalue weighted by atomic mass is 10.1. The Hall–Kier alpha value is -2.98. The summed E-state index contributed by atoms with van der Waals surface area (Å²) in [6.45, 7) is 7.39. The molecule has 0 spiro atoms. The zero-order valence-electron chi connectivity index (χ0n) is 18.1. The van der Waals surface area contributed by atoms with Crippen LogP contribution in [0.25, 0.3) is 22.2 Å². The molecule has 1 aromatic heterocycles. The Bertz CT molecular complexity index is 1250. The lowest BCUT2D eigenvalue weighted by Crippen LogP contribution is -2.24. The molecule has 31 heavy (non-hydrogen) atoms. The third kappa shape index (κ3) is 3.77. The Morgan fingerprint density at radius 2 is 1.90 bits per heavy atom. The molecule has 2 heterocycles. The molecule has 2 aromatic carbocycles. The second-order valence-electron chi connectivity index (χ2n) is 7.88. The van der Waals surface area contributed by atoms with Gasteiger partial charge in [-0.2, -0.15) is 5.26 Å². The van der Waals surface area contributed by atoms with E-state index in [0.29, 0.717) is 30.8 Å². The van der Waals surface area contributed by atoms with Crippen LogP contribution in [0, 0.1) is 11.3 Å². The Kier molecular flexibility index (Phi) is 5.67. The standard InChI is InChI=1S/C24H27N3O3S/c1-4-17(3)30-20-11-12-21-22(16-25)24(26(5-2)23(21)15-20)18-7-9-19(10-8-18)27-13-6-14-31(27,28)29/h7-12,15,17H,4-6,13-14H2,1-3H3/t17-/m1/s1. The second-order valence-corrected chi connectivity index (χ2v) is 9.90. The molecule has 1 aliphatic heterocycles. The monoisotopic (exact) mass is 437 g/mol. The minimum absolute atomic E-state index is 0.117. The SMILES string of the molecule is CC[C@@H](C)Oc1ccc2c(C#N)c(-c3ccc(N4CCCS4(=O)=O)cc3)n(CC)c2c1. The molecular formula is C24H27N3O3S. The highest BCUT2D eigenvalue weighted by Crippen LogP contribution is 2.36. The summed E-state index contributed by atoms with van der Waals surface area (Å²) in [5.74, 6) is 0.984. The van der Waals surface area contributed by atoms with E-state index in [4.69, 9.17) is 4.74 Å². The van der Waals surface area contributed by atoms with E-state index in [9.17, 15) is 13.7 Å². The van der Waals surface area contributed by atoms with E-state index in [-0.39, 0.29) is 11.9 Å². The lowest BCUT2D eigenvalue weighted by Gasteiger charge is -2.17. The van der Waals surface area contributed by atoms with E-state index in [2.05, 4.69) is 24.5 Å². The molecule has 0 saturated carbocycles. The average molecular weight is 438 g/mol. The van der Waals surface area contributed by atoms with E-state index < -0.39 is 10.0 Å². The highest BCUT2D eigenvalue weighted by atomic mass is 32.2. The summed E-state index contributed by atoms with van der Waals surface area (Å²) in [5.41, 5.74) is 3.98. The molecule has 7 heteroatoms. The summed E-state index contributed by atoms with van der Waals surface area (Å²) in [6, 6.07) is 15.7. The number of sulfonamides is 1. The summed E-state index contributed by atoms with van der Waals surface area (Å²) >= 11 is 0. The van der Waals surface area contributed by atoms with Crippen molar-refractivity contribution in [3.8, 4) is 23.1 Å². The maximum Gasteiger partial charge on any atom is 0.235 e. The van der Waals surface area contributed by atoms with Gasteiger partial charge in [-0.05, 0) is 56.5 Å². The van der Waals surface area contributed by atoms with Crippen molar-refractivity contribution in [3.05, 3.63) is 48.0 Å². The van der Waals surface area contributed by atoms with Crippen LogP contribution in [0.2, 0.25) is 0 Å². The van der Waals surface area contributed by atoms with E-state index in [1.54, 1.807) is 0 Å². The van der Waals surface area contributed by atoms with Crippen molar-refractivity contribution in [1.29, 1.82) is 5.26 Å². The van der Waals surface area contributed by atoms with Gasteiger partial charge in [-0.3, -0.25) is 4.31 Å². The van der Waals surface area contributed by atoms with Gasteiger partial charge in [0, 0.05) is 24.5 Å². The Balaban J connectivity index is 1.80. The van der Waals surface area contributed by atoms with Crippen LogP contribution >= 0.6 is 0 Å². The molecule has 1 atom stereocenters. The summed E-state index contributed by atoms with van der Waals surface area (Å²) in [5, 5.41) is 10.8. The van der Waals surface area contributed by atoms with Crippen molar-refractivity contribution in [3.63, 3.8) is 0 Å². The van der Waals surface area contributed by atoms with Crippen molar-refractivity contribution in [2.45, 2.75) is 46.3 Å². The molecule has 0 radical (unpaired) electrons. The first-order valence-electron chi connectivity index (χ1n) is 10.7. The maximum atomic E-state index is 12.2. The van der Waals surface area contributed by atoms with Crippen LogP contribution in [-0.2, 0) is 16.6 Å². The van der Waals surface area contributed by atoms with Crippen LogP contribution < -0.4 is 9.04 Å². The molecule has 0 bridgehead atoms. The third-order valence-corrected chi connectivity index (χ3v) is 7.77. The molecule has 0 N–H and O–H groups in total. The molecule has 1 fully saturated rings. The van der Waals surface area contributed by atoms with Crippen LogP contribution in [0.15, 0.2) is 42.5 Å². The van der Waals surface area contributed by atoms with Crippen molar-refractivity contribution in [1.82, 2.24) is 4.57 Å². The summed E-state index contributed by atoms with van der Waals surface area (Å²) < 4.78 is 34.0. The highest BCUT2D eigenvalue weighted by molar-refractivity contribution is 7.93. The zero-order chi connectivity index (χ0) is 22.2. The summed E-state index contributed by atoms with van der Waals surface area (Å²) in [7, 11) is -3.22. The van der Waals surface area contributed by atoms with Crippen LogP contribution in [0.5, 0.6) is 5.75 Å². The Morgan fingerprint density at radius 1 is 1.16 bits per heavy atom. The summed E-state index contributed by atoms with van der Waals surface area (Å²) in [4.78, 5) is 0. The van der Waals surface area contributed by atoms with Gasteiger partial charge in [0.1, 0.15) is 11.8 Å². The third-order valence-electron chi connectivity index (χ3n) is 5.90. The topological polar surface area (TPSA) is 75.3 Å². The number of benzene rings is 2. The number of nitrogens with zero attached hydrogens (tertiary/aromatic N) is 3. The van der Waals surface area contributed by atoms with Crippen LogP contribution in [0.1, 0.15) is 39.2 Å². The molecule has 1 aliphatic rings. The van der Waals surface area contributed by atoms with Crippen LogP contribution in [0.3, 0.4) is 0 Å². The van der Waals surface area contributed by atoms with Gasteiger partial charge in [0.2, 0.25) is 10.0 Å². The molecule has 6 nitrogen and oxygen atoms in total. The molecule has 3 aromatic rings. The van der Waals surface area contributed by atoms with E-state index in [1.165, 1.54) is 4.31 Å². The van der Waals surface area contributed by atoms with Gasteiger partial charge in [0.15, 0.2) is 0 Å². The number of fused-ring (bicyclic) bond motifs is 1. The number of hydrogen-bond acceptors (Lipinski definition) is 4. The molecule has 4 rings (SSSR count). The largest absolute Gasteiger partial charge is 0.491 e. The van der Waals surface area contributed by atoms with Gasteiger partial charge in [-0.25, -0.2) is 8.42 Å². The Labute approximate surface area is 183 Å². The van der Waals surface area contributed by atoms with Crippen molar-refractivity contribution >= 4 is 26.6 Å². The van der Waals surface area contributed by atoms with Crippen LogP contribution in [-0.4, -0.2) is 31.4 Å². The zero-order valence-corrected chi connectivity index (χ0v) is 18.9. The van der Waals surface area contributed by atoms with Gasteiger partial charge < -0.3 is 9.30 Å². The first kappa shape index (κ1) is 21.3. The van der Waals surface area contributed by atoms with Crippen molar-refractivity contribution in [2.75, 3.05) is 16.6 Å². The maximum absolute atomic E-state index is 12.2. The number of nitriles is 1. The minimum Gasteiger partial charge on any atom is -0.491 e. The fraction of sp³-hybridized carbons (Fsp3) is 0.375. The molecule has 162 valence electrons. The van der Waals surface area contributed by atoms with E-state index in [1.807, 2.05) is 49.4 Å². The molecule has 0 unspecified atom stereocenters. The number of rotatable bonds is 6. The number of ether oxygens (including phenoxy) is 1. The average Bonchev–Trinajstić information content (AvgIpc) is 3.29. The smallest absolute Gasteiger partial charge is 0.235 e. The normalized spacial score (nSPS) is 16.4. The number of hydrogen-bond donors (Lipinski definition) is 0. The van der Waals surface area contributed by atoms with Gasteiger partial charge >= 0.3 is 0 Å². The predicted molar refractivity (Wildman–Crippen MR) is 124 cm³/mol. The minimum atomic E-state index is -3.22. The van der Waals surface area contributed by atoms with Crippen molar-refractivity contribution in [2.24, 2.45) is 0 Å². The van der Waals surface area contributed by atoms with E-state index >= 15 is 0 Å². The second kappa shape index (κ2) is 8.27. The van der Waals surface area contributed by atoms with Gasteiger partial charge in [0.05, 0.1) is 34.3 Å². The van der Waals surface area contributed by atoms with Gasteiger partial charge in [0.25, 0.3) is 0 Å². The van der Waals surface area contributed by atoms with Gasteiger partial charge in [-0.15, -0.1) is 0 Å². The van der Waals surface area contributed by atoms with Crippen LogP contribution in [0.4, 0.5) is 5.69 Å². The lowest BCUT2D eigenvalue weighted by molar-refractivity contribution is 0.217. The Morgan fingerprint density at radius 3 is 2.48 bits per heavy atom. The fourth-order valence-electron chi connectivity index (χ4n) is 4.18. The number of aromatic nitrogens is 1. The quantitative estimate of drug-likeness (QED) is 0.549. The molecular weight excluding hydrogens is 410 g/mol. The predicted octanol–water partition coefficient (Wildman–Crippen LogP) is 4.92. The first-order chi connectivity index (χ1) is 14.9. The van der Waals surface area contributed by atoms with E-state index in [0.717, 1.165) is 34.3 Å². The summed E-state index contributed by atoms with van der Waals surface area (Å²) in [6.07, 6.45) is 1.68. The van der Waals surface area contributed by atoms with Gasteiger partial charge in [-0.1, -0.05) is 19.1 Å². The molecule has 0 amide bonds. The molecule has 0 aliphatic carbocycles.